The quantitative estimate of drug-likeness (QED) is 0.514. The highest BCUT2D eigenvalue weighted by Gasteiger charge is 2.18. The zero-order valence-corrected chi connectivity index (χ0v) is 13.1. The van der Waals surface area contributed by atoms with Crippen LogP contribution in [0, 0.1) is 21.7 Å². The number of hydrogen-bond acceptors (Lipinski definition) is 4. The second-order valence-corrected chi connectivity index (χ2v) is 6.04. The van der Waals surface area contributed by atoms with Gasteiger partial charge < -0.3 is 5.32 Å². The van der Waals surface area contributed by atoms with E-state index >= 15 is 0 Å². The number of nitrogens with zero attached hydrogens (tertiary/aromatic N) is 1. The average Bonchev–Trinajstić information content (AvgIpc) is 3.09. The Morgan fingerprint density at radius 3 is 2.42 bits per heavy atom. The van der Waals surface area contributed by atoms with Crippen molar-refractivity contribution in [2.75, 3.05) is 5.32 Å². The van der Waals surface area contributed by atoms with Gasteiger partial charge in [-0.25, -0.2) is 8.78 Å². The van der Waals surface area contributed by atoms with Gasteiger partial charge in [-0.05, 0) is 35.2 Å². The number of non-ortho nitro benzene ring substituents is 1. The van der Waals surface area contributed by atoms with Gasteiger partial charge in [0.2, 0.25) is 0 Å². The molecule has 0 saturated carbocycles. The van der Waals surface area contributed by atoms with E-state index in [4.69, 9.17) is 0 Å². The van der Waals surface area contributed by atoms with Gasteiger partial charge >= 0.3 is 0 Å². The maximum absolute atomic E-state index is 14.2. The van der Waals surface area contributed by atoms with Crippen LogP contribution < -0.4 is 5.32 Å². The number of nitrogens with one attached hydrogen (secondary N) is 1. The molecule has 0 fully saturated rings. The number of halogens is 2. The van der Waals surface area contributed by atoms with E-state index in [1.54, 1.807) is 12.1 Å². The van der Waals surface area contributed by atoms with E-state index in [1.165, 1.54) is 35.6 Å². The van der Waals surface area contributed by atoms with Crippen LogP contribution in [-0.4, -0.2) is 4.92 Å². The topological polar surface area (TPSA) is 55.2 Å². The minimum Gasteiger partial charge on any atom is -0.371 e. The maximum Gasteiger partial charge on any atom is 0.272 e. The lowest BCUT2D eigenvalue weighted by Crippen LogP contribution is -2.12. The summed E-state index contributed by atoms with van der Waals surface area (Å²) in [4.78, 5) is 11.0. The van der Waals surface area contributed by atoms with E-state index in [0.29, 0.717) is 0 Å². The molecule has 0 aliphatic carbocycles. The van der Waals surface area contributed by atoms with Crippen molar-refractivity contribution in [3.63, 3.8) is 0 Å². The van der Waals surface area contributed by atoms with E-state index in [1.807, 2.05) is 17.5 Å². The first-order valence-corrected chi connectivity index (χ1v) is 7.92. The van der Waals surface area contributed by atoms with Crippen LogP contribution in [0.3, 0.4) is 0 Å². The molecule has 0 unspecified atom stereocenters. The molecular formula is C17H12F2N2O2S. The summed E-state index contributed by atoms with van der Waals surface area (Å²) in [6, 6.07) is 12.7. The van der Waals surface area contributed by atoms with Gasteiger partial charge in [0.15, 0.2) is 5.82 Å². The third kappa shape index (κ3) is 3.41. The van der Waals surface area contributed by atoms with Gasteiger partial charge in [-0.3, -0.25) is 10.1 Å². The lowest BCUT2D eigenvalue weighted by Gasteiger charge is -2.19. The van der Waals surface area contributed by atoms with Crippen molar-refractivity contribution in [3.8, 4) is 0 Å². The largest absolute Gasteiger partial charge is 0.371 e. The minimum absolute atomic E-state index is 0.142. The van der Waals surface area contributed by atoms with E-state index in [2.05, 4.69) is 5.32 Å². The lowest BCUT2D eigenvalue weighted by atomic mass is 10.0. The molecule has 0 spiro atoms. The summed E-state index contributed by atoms with van der Waals surface area (Å²) in [5.74, 6) is -1.07. The molecule has 24 heavy (non-hydrogen) atoms. The highest BCUT2D eigenvalue weighted by atomic mass is 32.1. The molecule has 3 aromatic rings. The molecule has 1 atom stereocenters. The smallest absolute Gasteiger partial charge is 0.272 e. The number of hydrogen-bond donors (Lipinski definition) is 1. The Balaban J connectivity index is 1.96. The number of rotatable bonds is 5. The van der Waals surface area contributed by atoms with Crippen LogP contribution in [0.25, 0.3) is 0 Å². The van der Waals surface area contributed by atoms with Gasteiger partial charge in [0.05, 0.1) is 22.7 Å². The monoisotopic (exact) mass is 346 g/mol. The van der Waals surface area contributed by atoms with Crippen molar-refractivity contribution >= 4 is 22.7 Å². The van der Waals surface area contributed by atoms with Crippen LogP contribution >= 0.6 is 11.3 Å². The predicted molar refractivity (Wildman–Crippen MR) is 89.2 cm³/mol. The first-order valence-electron chi connectivity index (χ1n) is 7.04. The van der Waals surface area contributed by atoms with Crippen molar-refractivity contribution in [2.24, 2.45) is 0 Å². The number of anilines is 1. The minimum atomic E-state index is -0.715. The molecule has 0 bridgehead atoms. The van der Waals surface area contributed by atoms with E-state index < -0.39 is 10.7 Å². The highest BCUT2D eigenvalue weighted by molar-refractivity contribution is 7.10. The number of thiophene rings is 1. The lowest BCUT2D eigenvalue weighted by molar-refractivity contribution is -0.385. The summed E-state index contributed by atoms with van der Waals surface area (Å²) in [5.41, 5.74) is 0.590. The van der Waals surface area contributed by atoms with Crippen molar-refractivity contribution in [1.82, 2.24) is 0 Å². The molecule has 0 amide bonds. The molecule has 122 valence electrons. The van der Waals surface area contributed by atoms with Crippen molar-refractivity contribution in [2.45, 2.75) is 6.04 Å². The number of nitro benzene ring substituents is 1. The zero-order valence-electron chi connectivity index (χ0n) is 12.3. The average molecular weight is 346 g/mol. The molecule has 3 rings (SSSR count). The third-order valence-electron chi connectivity index (χ3n) is 3.49. The Kier molecular flexibility index (Phi) is 4.52. The maximum atomic E-state index is 14.2. The summed E-state index contributed by atoms with van der Waals surface area (Å²) in [6.07, 6.45) is 0. The first kappa shape index (κ1) is 16.1. The summed E-state index contributed by atoms with van der Waals surface area (Å²) in [7, 11) is 0. The molecule has 0 aliphatic rings. The Bertz CT molecular complexity index is 852. The second kappa shape index (κ2) is 6.76. The Morgan fingerprint density at radius 1 is 1.08 bits per heavy atom. The number of nitro groups is 1. The fourth-order valence-corrected chi connectivity index (χ4v) is 3.12. The summed E-state index contributed by atoms with van der Waals surface area (Å²) in [6.45, 7) is 0. The molecule has 0 aliphatic heterocycles. The Hall–Kier alpha value is -2.80. The van der Waals surface area contributed by atoms with Crippen LogP contribution in [0.15, 0.2) is 60.0 Å². The molecule has 0 radical (unpaired) electrons. The zero-order chi connectivity index (χ0) is 17.1. The molecule has 2 aromatic carbocycles. The van der Waals surface area contributed by atoms with E-state index in [-0.39, 0.29) is 23.2 Å². The fourth-order valence-electron chi connectivity index (χ4n) is 2.32. The van der Waals surface area contributed by atoms with E-state index in [0.717, 1.165) is 16.5 Å². The summed E-state index contributed by atoms with van der Waals surface area (Å²) >= 11 is 1.48. The first-order chi connectivity index (χ1) is 11.5. The van der Waals surface area contributed by atoms with Crippen molar-refractivity contribution in [3.05, 3.63) is 92.2 Å². The van der Waals surface area contributed by atoms with Gasteiger partial charge in [0.25, 0.3) is 5.69 Å². The van der Waals surface area contributed by atoms with Gasteiger partial charge in [0.1, 0.15) is 5.82 Å². The second-order valence-electron chi connectivity index (χ2n) is 5.07. The van der Waals surface area contributed by atoms with Crippen LogP contribution in [0.2, 0.25) is 0 Å². The molecule has 1 heterocycles. The van der Waals surface area contributed by atoms with Crippen molar-refractivity contribution < 1.29 is 13.7 Å². The summed E-state index contributed by atoms with van der Waals surface area (Å²) in [5, 5.41) is 15.6. The third-order valence-corrected chi connectivity index (χ3v) is 4.43. The predicted octanol–water partition coefficient (Wildman–Crippen LogP) is 5.14. The van der Waals surface area contributed by atoms with Crippen LogP contribution in [-0.2, 0) is 0 Å². The highest BCUT2D eigenvalue weighted by Crippen LogP contribution is 2.31. The Labute approximate surface area is 140 Å². The Morgan fingerprint density at radius 2 is 1.83 bits per heavy atom. The standard InChI is InChI=1S/C17H12F2N2O2S/c18-12-5-3-11(4-6-12)17(16-2-1-9-24-16)20-15-8-7-13(21(22)23)10-14(15)19/h1-10,17,20H/t17-/m1/s1. The van der Waals surface area contributed by atoms with Crippen LogP contribution in [0.4, 0.5) is 20.2 Å². The molecule has 0 saturated heterocycles. The number of benzene rings is 2. The molecule has 1 N–H and O–H groups in total. The van der Waals surface area contributed by atoms with E-state index in [9.17, 15) is 18.9 Å². The summed E-state index contributed by atoms with van der Waals surface area (Å²) < 4.78 is 27.3. The molecule has 7 heteroatoms. The molecule has 1 aromatic heterocycles. The van der Waals surface area contributed by atoms with Gasteiger partial charge in [0, 0.05) is 10.9 Å². The normalized spacial score (nSPS) is 11.9. The molecular weight excluding hydrogens is 334 g/mol. The fraction of sp³-hybridized carbons (Fsp3) is 0.0588. The van der Waals surface area contributed by atoms with Gasteiger partial charge in [-0.2, -0.15) is 0 Å². The van der Waals surface area contributed by atoms with Gasteiger partial charge in [-0.1, -0.05) is 18.2 Å². The molecule has 4 nitrogen and oxygen atoms in total. The van der Waals surface area contributed by atoms with Crippen molar-refractivity contribution in [1.29, 1.82) is 0 Å². The van der Waals surface area contributed by atoms with Crippen LogP contribution in [0.5, 0.6) is 0 Å². The van der Waals surface area contributed by atoms with Crippen LogP contribution in [0.1, 0.15) is 16.5 Å². The SMILES string of the molecule is O=[N+]([O-])c1ccc(N[C@H](c2ccc(F)cc2)c2cccs2)c(F)c1. The van der Waals surface area contributed by atoms with Gasteiger partial charge in [-0.15, -0.1) is 11.3 Å².